The van der Waals surface area contributed by atoms with Crippen molar-refractivity contribution < 1.29 is 19.5 Å². The molecule has 134 valence electrons. The first-order chi connectivity index (χ1) is 12.0. The average Bonchev–Trinajstić information content (AvgIpc) is 3.06. The third kappa shape index (κ3) is 4.38. The highest BCUT2D eigenvalue weighted by Gasteiger charge is 2.29. The van der Waals surface area contributed by atoms with E-state index in [-0.39, 0.29) is 18.4 Å². The van der Waals surface area contributed by atoms with Gasteiger partial charge in [0.1, 0.15) is 0 Å². The molecule has 3 rings (SSSR count). The van der Waals surface area contributed by atoms with Crippen molar-refractivity contribution in [1.82, 2.24) is 9.80 Å². The van der Waals surface area contributed by atoms with E-state index in [0.29, 0.717) is 37.5 Å². The lowest BCUT2D eigenvalue weighted by molar-refractivity contribution is -0.141. The zero-order valence-corrected chi connectivity index (χ0v) is 14.3. The molecule has 25 heavy (non-hydrogen) atoms. The second-order valence-electron chi connectivity index (χ2n) is 6.98. The van der Waals surface area contributed by atoms with E-state index < -0.39 is 5.97 Å². The number of nitrogens with zero attached hydrogens (tertiary/aromatic N) is 2. The molecule has 1 N–H and O–H groups in total. The Hall–Kier alpha value is -2.37. The number of aromatic carboxylic acids is 1. The molecule has 0 unspecified atom stereocenters. The molecule has 2 aliphatic rings. The smallest absolute Gasteiger partial charge is 0.335 e. The van der Waals surface area contributed by atoms with Gasteiger partial charge >= 0.3 is 5.97 Å². The summed E-state index contributed by atoms with van der Waals surface area (Å²) in [5, 5.41) is 9.08. The molecule has 2 amide bonds. The van der Waals surface area contributed by atoms with Gasteiger partial charge in [-0.25, -0.2) is 4.79 Å². The molecule has 6 heteroatoms. The monoisotopic (exact) mass is 344 g/mol. The normalized spacial score (nSPS) is 20.8. The highest BCUT2D eigenvalue weighted by Crippen LogP contribution is 2.22. The molecule has 2 aliphatic heterocycles. The molecule has 0 spiro atoms. The molecule has 6 nitrogen and oxygen atoms in total. The van der Waals surface area contributed by atoms with Gasteiger partial charge in [-0.3, -0.25) is 9.59 Å². The van der Waals surface area contributed by atoms with E-state index in [1.54, 1.807) is 23.1 Å². The topological polar surface area (TPSA) is 77.9 Å². The quantitative estimate of drug-likeness (QED) is 0.883. The molecule has 2 saturated heterocycles. The lowest BCUT2D eigenvalue weighted by Crippen LogP contribution is -2.44. The van der Waals surface area contributed by atoms with E-state index in [1.165, 1.54) is 0 Å². The fourth-order valence-electron chi connectivity index (χ4n) is 3.68. The Labute approximate surface area is 147 Å². The lowest BCUT2D eigenvalue weighted by Gasteiger charge is -2.28. The van der Waals surface area contributed by atoms with Crippen LogP contribution in [-0.4, -0.2) is 58.9 Å². The highest BCUT2D eigenvalue weighted by molar-refractivity contribution is 5.87. The summed E-state index contributed by atoms with van der Waals surface area (Å²) in [6.07, 6.45) is 4.13. The maximum Gasteiger partial charge on any atom is 0.335 e. The van der Waals surface area contributed by atoms with Gasteiger partial charge in [-0.1, -0.05) is 12.1 Å². The minimum absolute atomic E-state index is 0.0250. The third-order valence-corrected chi connectivity index (χ3v) is 5.08. The summed E-state index contributed by atoms with van der Waals surface area (Å²) in [5.74, 6) is -0.473. The molecule has 0 radical (unpaired) electrons. The average molecular weight is 344 g/mol. The van der Waals surface area contributed by atoms with Crippen LogP contribution in [0.25, 0.3) is 0 Å². The molecular weight excluding hydrogens is 320 g/mol. The summed E-state index contributed by atoms with van der Waals surface area (Å²) in [6.45, 7) is 2.27. The largest absolute Gasteiger partial charge is 0.478 e. The van der Waals surface area contributed by atoms with Gasteiger partial charge in [-0.15, -0.1) is 0 Å². The fraction of sp³-hybridized carbons (Fsp3) is 0.526. The van der Waals surface area contributed by atoms with E-state index in [0.717, 1.165) is 31.2 Å². The number of benzene rings is 1. The van der Waals surface area contributed by atoms with Crippen LogP contribution >= 0.6 is 0 Å². The van der Waals surface area contributed by atoms with Gasteiger partial charge in [0.15, 0.2) is 0 Å². The first-order valence-corrected chi connectivity index (χ1v) is 8.90. The van der Waals surface area contributed by atoms with Crippen LogP contribution in [0.5, 0.6) is 0 Å². The molecule has 2 fully saturated rings. The predicted octanol–water partition coefficient (Wildman–Crippen LogP) is 1.79. The Morgan fingerprint density at radius 1 is 1.20 bits per heavy atom. The van der Waals surface area contributed by atoms with Crippen molar-refractivity contribution in [2.45, 2.75) is 32.1 Å². The standard InChI is InChI=1S/C19H24N2O4/c22-17-6-1-2-8-20(17)13-18(23)21-9-7-15(12-21)10-14-4-3-5-16(11-14)19(24)25/h3-5,11,15H,1-2,6-10,12-13H2,(H,24,25)/t15-/m0/s1. The summed E-state index contributed by atoms with van der Waals surface area (Å²) in [5.41, 5.74) is 1.29. The Morgan fingerprint density at radius 3 is 2.80 bits per heavy atom. The van der Waals surface area contributed by atoms with Crippen molar-refractivity contribution in [2.75, 3.05) is 26.2 Å². The molecule has 1 atom stereocenters. The van der Waals surface area contributed by atoms with Gasteiger partial charge < -0.3 is 14.9 Å². The number of carboxylic acids is 1. The summed E-state index contributed by atoms with van der Waals surface area (Å²) in [7, 11) is 0. The predicted molar refractivity (Wildman–Crippen MR) is 92.2 cm³/mol. The van der Waals surface area contributed by atoms with Gasteiger partial charge in [-0.2, -0.15) is 0 Å². The van der Waals surface area contributed by atoms with Gasteiger partial charge in [0.25, 0.3) is 0 Å². The van der Waals surface area contributed by atoms with Crippen LogP contribution in [0.3, 0.4) is 0 Å². The van der Waals surface area contributed by atoms with Crippen molar-refractivity contribution in [3.05, 3.63) is 35.4 Å². The van der Waals surface area contributed by atoms with Crippen molar-refractivity contribution >= 4 is 17.8 Å². The van der Waals surface area contributed by atoms with Gasteiger partial charge in [-0.05, 0) is 49.3 Å². The second-order valence-corrected chi connectivity index (χ2v) is 6.98. The summed E-state index contributed by atoms with van der Waals surface area (Å²) in [6, 6.07) is 6.99. The van der Waals surface area contributed by atoms with Crippen LogP contribution < -0.4 is 0 Å². The van der Waals surface area contributed by atoms with Crippen molar-refractivity contribution in [2.24, 2.45) is 5.92 Å². The number of carbonyl (C=O) groups is 3. The number of hydrogen-bond donors (Lipinski definition) is 1. The number of rotatable bonds is 5. The molecular formula is C19H24N2O4. The van der Waals surface area contributed by atoms with Gasteiger partial charge in [0.2, 0.25) is 11.8 Å². The molecule has 0 aromatic heterocycles. The first-order valence-electron chi connectivity index (χ1n) is 8.90. The first kappa shape index (κ1) is 17.5. The molecule has 0 bridgehead atoms. The van der Waals surface area contributed by atoms with Crippen molar-refractivity contribution in [1.29, 1.82) is 0 Å². The summed E-state index contributed by atoms with van der Waals surface area (Å²) in [4.78, 5) is 38.9. The number of carboxylic acid groups (broad SMARTS) is 1. The lowest BCUT2D eigenvalue weighted by atomic mass is 9.97. The Balaban J connectivity index is 1.53. The van der Waals surface area contributed by atoms with Gasteiger partial charge in [0.05, 0.1) is 12.1 Å². The van der Waals surface area contributed by atoms with Crippen LogP contribution in [-0.2, 0) is 16.0 Å². The SMILES string of the molecule is O=C(O)c1cccc(C[C@@H]2CCN(C(=O)CN3CCCCC3=O)C2)c1. The molecule has 1 aromatic rings. The van der Waals surface area contributed by atoms with E-state index in [9.17, 15) is 14.4 Å². The summed E-state index contributed by atoms with van der Waals surface area (Å²) < 4.78 is 0. The van der Waals surface area contributed by atoms with Crippen LogP contribution in [0.15, 0.2) is 24.3 Å². The van der Waals surface area contributed by atoms with Crippen LogP contribution in [0.2, 0.25) is 0 Å². The Bertz CT molecular complexity index is 673. The molecule has 0 saturated carbocycles. The Morgan fingerprint density at radius 2 is 2.04 bits per heavy atom. The van der Waals surface area contributed by atoms with Crippen LogP contribution in [0, 0.1) is 5.92 Å². The van der Waals surface area contributed by atoms with Crippen LogP contribution in [0.1, 0.15) is 41.6 Å². The number of amides is 2. The zero-order chi connectivity index (χ0) is 17.8. The minimum atomic E-state index is -0.920. The maximum absolute atomic E-state index is 12.5. The number of carbonyl (C=O) groups excluding carboxylic acids is 2. The highest BCUT2D eigenvalue weighted by atomic mass is 16.4. The van der Waals surface area contributed by atoms with E-state index >= 15 is 0 Å². The van der Waals surface area contributed by atoms with Crippen LogP contribution in [0.4, 0.5) is 0 Å². The Kier molecular flexibility index (Phi) is 5.36. The third-order valence-electron chi connectivity index (χ3n) is 5.08. The fourth-order valence-corrected chi connectivity index (χ4v) is 3.68. The molecule has 2 heterocycles. The number of piperidine rings is 1. The second kappa shape index (κ2) is 7.68. The van der Waals surface area contributed by atoms with Crippen molar-refractivity contribution in [3.63, 3.8) is 0 Å². The number of likely N-dealkylation sites (tertiary alicyclic amines) is 2. The van der Waals surface area contributed by atoms with E-state index in [4.69, 9.17) is 5.11 Å². The van der Waals surface area contributed by atoms with E-state index in [1.807, 2.05) is 11.0 Å². The van der Waals surface area contributed by atoms with E-state index in [2.05, 4.69) is 0 Å². The van der Waals surface area contributed by atoms with Crippen molar-refractivity contribution in [3.8, 4) is 0 Å². The van der Waals surface area contributed by atoms with Gasteiger partial charge in [0, 0.05) is 26.1 Å². The maximum atomic E-state index is 12.5. The molecule has 1 aromatic carbocycles. The summed E-state index contributed by atoms with van der Waals surface area (Å²) >= 11 is 0. The number of hydrogen-bond acceptors (Lipinski definition) is 3. The zero-order valence-electron chi connectivity index (χ0n) is 14.3. The molecule has 0 aliphatic carbocycles. The minimum Gasteiger partial charge on any atom is -0.478 e.